The highest BCUT2D eigenvalue weighted by Gasteiger charge is 2.19. The molecule has 0 saturated heterocycles. The average Bonchev–Trinajstić information content (AvgIpc) is 2.76. The van der Waals surface area contributed by atoms with Crippen LogP contribution in [-0.4, -0.2) is 0 Å². The molecule has 0 spiro atoms. The predicted molar refractivity (Wildman–Crippen MR) is 123 cm³/mol. The highest BCUT2D eigenvalue weighted by molar-refractivity contribution is 5.27. The quantitative estimate of drug-likeness (QED) is 0.382. The fourth-order valence-corrected chi connectivity index (χ4v) is 4.78. The molecule has 2 aromatic rings. The maximum Gasteiger partial charge on any atom is 0.126 e. The molecule has 1 aliphatic rings. The first-order chi connectivity index (χ1) is 14.2. The van der Waals surface area contributed by atoms with Gasteiger partial charge >= 0.3 is 0 Å². The van der Waals surface area contributed by atoms with Crippen molar-refractivity contribution in [2.24, 2.45) is 11.8 Å². The predicted octanol–water partition coefficient (Wildman–Crippen LogP) is 8.10. The number of aryl methyl sites for hydroxylation is 4. The van der Waals surface area contributed by atoms with E-state index >= 15 is 0 Å². The lowest BCUT2D eigenvalue weighted by molar-refractivity contribution is 0.258. The van der Waals surface area contributed by atoms with Gasteiger partial charge in [0.2, 0.25) is 0 Å². The van der Waals surface area contributed by atoms with Crippen molar-refractivity contribution in [3.63, 3.8) is 0 Å². The lowest BCUT2D eigenvalue weighted by Crippen LogP contribution is -2.14. The van der Waals surface area contributed by atoms with Gasteiger partial charge in [-0.1, -0.05) is 88.8 Å². The van der Waals surface area contributed by atoms with E-state index in [1.54, 1.807) is 6.07 Å². The van der Waals surface area contributed by atoms with Gasteiger partial charge in [-0.15, -0.1) is 0 Å². The summed E-state index contributed by atoms with van der Waals surface area (Å²) in [7, 11) is 0. The zero-order chi connectivity index (χ0) is 20.5. The van der Waals surface area contributed by atoms with E-state index < -0.39 is 0 Å². The van der Waals surface area contributed by atoms with E-state index in [9.17, 15) is 4.39 Å². The van der Waals surface area contributed by atoms with Gasteiger partial charge in [-0.25, -0.2) is 4.39 Å². The van der Waals surface area contributed by atoms with E-state index in [1.165, 1.54) is 68.1 Å². The van der Waals surface area contributed by atoms with Crippen molar-refractivity contribution in [3.05, 3.63) is 70.5 Å². The molecule has 1 heteroatoms. The van der Waals surface area contributed by atoms with E-state index in [0.29, 0.717) is 0 Å². The third-order valence-electron chi connectivity index (χ3n) is 7.03. The first-order valence-electron chi connectivity index (χ1n) is 12.0. The molecule has 0 heterocycles. The van der Waals surface area contributed by atoms with Gasteiger partial charge in [0.25, 0.3) is 0 Å². The molecule has 0 atom stereocenters. The minimum Gasteiger partial charge on any atom is -0.207 e. The summed E-state index contributed by atoms with van der Waals surface area (Å²) in [6, 6.07) is 14.9. The van der Waals surface area contributed by atoms with Crippen LogP contribution < -0.4 is 0 Å². The Hall–Kier alpha value is -1.63. The third kappa shape index (κ3) is 6.98. The van der Waals surface area contributed by atoms with Crippen LogP contribution in [0.15, 0.2) is 42.5 Å². The number of rotatable bonds is 10. The van der Waals surface area contributed by atoms with Crippen LogP contribution in [0.25, 0.3) is 0 Å². The molecule has 0 amide bonds. The van der Waals surface area contributed by atoms with Crippen molar-refractivity contribution in [2.75, 3.05) is 0 Å². The molecule has 1 fully saturated rings. The second-order valence-corrected chi connectivity index (χ2v) is 9.18. The van der Waals surface area contributed by atoms with Crippen LogP contribution in [0.2, 0.25) is 0 Å². The van der Waals surface area contributed by atoms with Crippen LogP contribution in [0, 0.1) is 17.7 Å². The molecule has 2 aromatic carbocycles. The van der Waals surface area contributed by atoms with Crippen molar-refractivity contribution >= 4 is 0 Å². The topological polar surface area (TPSA) is 0 Å². The van der Waals surface area contributed by atoms with Crippen molar-refractivity contribution in [3.8, 4) is 0 Å². The van der Waals surface area contributed by atoms with Gasteiger partial charge in [-0.3, -0.25) is 0 Å². The molecule has 0 unspecified atom stereocenters. The largest absolute Gasteiger partial charge is 0.207 e. The Morgan fingerprint density at radius 1 is 0.724 bits per heavy atom. The number of hydrogen-bond acceptors (Lipinski definition) is 0. The zero-order valence-electron chi connectivity index (χ0n) is 18.6. The van der Waals surface area contributed by atoms with Crippen molar-refractivity contribution in [2.45, 2.75) is 90.9 Å². The molecule has 0 bridgehead atoms. The van der Waals surface area contributed by atoms with Gasteiger partial charge < -0.3 is 0 Å². The number of unbranched alkanes of at least 4 members (excludes halogenated alkanes) is 1. The summed E-state index contributed by atoms with van der Waals surface area (Å²) in [5, 5.41) is 0. The van der Waals surface area contributed by atoms with Crippen molar-refractivity contribution < 1.29 is 4.39 Å². The average molecular weight is 395 g/mol. The summed E-state index contributed by atoms with van der Waals surface area (Å²) in [6.45, 7) is 4.55. The Morgan fingerprint density at radius 2 is 1.34 bits per heavy atom. The minimum absolute atomic E-state index is 0.0169. The lowest BCUT2D eigenvalue weighted by atomic mass is 9.78. The summed E-state index contributed by atoms with van der Waals surface area (Å²) in [6.07, 6.45) is 14.4. The van der Waals surface area contributed by atoms with E-state index in [0.717, 1.165) is 43.1 Å². The van der Waals surface area contributed by atoms with Crippen molar-refractivity contribution in [1.82, 2.24) is 0 Å². The molecule has 3 rings (SSSR count). The maximum atomic E-state index is 14.6. The summed E-state index contributed by atoms with van der Waals surface area (Å²) < 4.78 is 14.6. The second kappa shape index (κ2) is 11.5. The molecule has 29 heavy (non-hydrogen) atoms. The normalized spacial score (nSPS) is 19.4. The summed E-state index contributed by atoms with van der Waals surface area (Å²) in [5.74, 6) is 1.79. The molecule has 1 aliphatic carbocycles. The highest BCUT2D eigenvalue weighted by Crippen LogP contribution is 2.33. The molecular weight excluding hydrogens is 355 g/mol. The van der Waals surface area contributed by atoms with E-state index in [2.05, 4.69) is 44.2 Å². The summed E-state index contributed by atoms with van der Waals surface area (Å²) >= 11 is 0. The maximum absolute atomic E-state index is 14.6. The Bertz CT molecular complexity index is 722. The molecular formula is C28H39F. The molecule has 0 radical (unpaired) electrons. The van der Waals surface area contributed by atoms with Gasteiger partial charge in [0, 0.05) is 0 Å². The second-order valence-electron chi connectivity index (χ2n) is 9.18. The zero-order valence-corrected chi connectivity index (χ0v) is 18.6. The molecule has 0 nitrogen and oxygen atoms in total. The van der Waals surface area contributed by atoms with E-state index in [-0.39, 0.29) is 5.82 Å². The number of hydrogen-bond donors (Lipinski definition) is 0. The van der Waals surface area contributed by atoms with Crippen LogP contribution in [0.4, 0.5) is 4.39 Å². The van der Waals surface area contributed by atoms with Gasteiger partial charge in [0.1, 0.15) is 5.82 Å². The SMILES string of the molecule is CCCCc1ccc(CCc2ccc(CCC3CCC(CC)CC3)cc2F)cc1. The fourth-order valence-electron chi connectivity index (χ4n) is 4.78. The van der Waals surface area contributed by atoms with E-state index in [4.69, 9.17) is 0 Å². The van der Waals surface area contributed by atoms with Gasteiger partial charge in [-0.2, -0.15) is 0 Å². The van der Waals surface area contributed by atoms with Crippen molar-refractivity contribution in [1.29, 1.82) is 0 Å². The Morgan fingerprint density at radius 3 is 1.97 bits per heavy atom. The summed E-state index contributed by atoms with van der Waals surface area (Å²) in [5.41, 5.74) is 4.74. The Labute approximate surface area is 177 Å². The van der Waals surface area contributed by atoms with Gasteiger partial charge in [-0.05, 0) is 78.7 Å². The highest BCUT2D eigenvalue weighted by atomic mass is 19.1. The van der Waals surface area contributed by atoms with Gasteiger partial charge in [0.05, 0.1) is 0 Å². The van der Waals surface area contributed by atoms with Gasteiger partial charge in [0.15, 0.2) is 0 Å². The standard InChI is InChI=1S/C28H39F/c1-3-5-6-23-11-13-25(14-12-23)17-19-27-20-18-26(21-28(27)29)16-15-24-9-7-22(4-2)8-10-24/h11-14,18,20-22,24H,3-10,15-17,19H2,1-2H3. The van der Waals surface area contributed by atoms with Crippen LogP contribution in [0.5, 0.6) is 0 Å². The smallest absolute Gasteiger partial charge is 0.126 e. The Balaban J connectivity index is 1.45. The monoisotopic (exact) mass is 394 g/mol. The molecule has 0 N–H and O–H groups in total. The van der Waals surface area contributed by atoms with Crippen LogP contribution in [0.3, 0.4) is 0 Å². The Kier molecular flexibility index (Phi) is 8.77. The molecule has 0 aliphatic heterocycles. The minimum atomic E-state index is -0.0169. The summed E-state index contributed by atoms with van der Waals surface area (Å²) in [4.78, 5) is 0. The van der Waals surface area contributed by atoms with E-state index in [1.807, 2.05) is 6.07 Å². The lowest BCUT2D eigenvalue weighted by Gasteiger charge is -2.27. The molecule has 1 saturated carbocycles. The van der Waals surface area contributed by atoms with Crippen LogP contribution in [0.1, 0.15) is 87.5 Å². The first-order valence-corrected chi connectivity index (χ1v) is 12.0. The molecule has 0 aromatic heterocycles. The fraction of sp³-hybridized carbons (Fsp3) is 0.571. The van der Waals surface area contributed by atoms with Crippen LogP contribution in [-0.2, 0) is 25.7 Å². The number of benzene rings is 2. The first kappa shape index (κ1) is 22.1. The third-order valence-corrected chi connectivity index (χ3v) is 7.03. The number of halogens is 1. The van der Waals surface area contributed by atoms with Crippen LogP contribution >= 0.6 is 0 Å². The molecule has 158 valence electrons.